The maximum absolute atomic E-state index is 13.7. The van der Waals surface area contributed by atoms with E-state index in [9.17, 15) is 9.18 Å². The number of nitrogens with zero attached hydrogens (tertiary/aromatic N) is 1. The largest absolute Gasteiger partial charge is 0.361 e. The lowest BCUT2D eigenvalue weighted by atomic mass is 10.1. The second-order valence-corrected chi connectivity index (χ2v) is 5.19. The van der Waals surface area contributed by atoms with Crippen molar-refractivity contribution in [1.29, 1.82) is 0 Å². The Hall–Kier alpha value is -2.40. The van der Waals surface area contributed by atoms with Gasteiger partial charge in [0, 0.05) is 29.8 Å². The van der Waals surface area contributed by atoms with Crippen molar-refractivity contribution >= 4 is 28.4 Å². The van der Waals surface area contributed by atoms with E-state index in [1.54, 1.807) is 0 Å². The molecule has 0 atom stereocenters. The van der Waals surface area contributed by atoms with Crippen LogP contribution in [0.1, 0.15) is 15.9 Å². The van der Waals surface area contributed by atoms with Gasteiger partial charge in [-0.15, -0.1) is 0 Å². The van der Waals surface area contributed by atoms with Gasteiger partial charge in [0.25, 0.3) is 5.91 Å². The van der Waals surface area contributed by atoms with Crippen LogP contribution >= 0.6 is 11.6 Å². The average Bonchev–Trinajstić information content (AvgIpc) is 2.93. The fraction of sp³-hybridized carbons (Fsp3) is 0.125. The first kappa shape index (κ1) is 14.5. The molecule has 0 saturated carbocycles. The molecule has 6 heteroatoms. The molecule has 0 saturated heterocycles. The maximum atomic E-state index is 13.7. The minimum Gasteiger partial charge on any atom is -0.361 e. The zero-order valence-corrected chi connectivity index (χ0v) is 12.3. The van der Waals surface area contributed by atoms with Gasteiger partial charge in [0.1, 0.15) is 0 Å². The molecule has 0 bridgehead atoms. The molecule has 1 amide bonds. The normalized spacial score (nSPS) is 10.8. The van der Waals surface area contributed by atoms with Crippen molar-refractivity contribution in [1.82, 2.24) is 15.3 Å². The number of rotatable bonds is 4. The number of carbonyl (C=O) groups is 1. The van der Waals surface area contributed by atoms with E-state index in [1.807, 2.05) is 30.5 Å². The van der Waals surface area contributed by atoms with Crippen molar-refractivity contribution in [2.75, 3.05) is 6.54 Å². The summed E-state index contributed by atoms with van der Waals surface area (Å²) in [4.78, 5) is 18.7. The van der Waals surface area contributed by atoms with Crippen LogP contribution in [0.5, 0.6) is 0 Å². The highest BCUT2D eigenvalue weighted by Gasteiger charge is 2.14. The molecular formula is C16H13ClFN3O. The average molecular weight is 318 g/mol. The summed E-state index contributed by atoms with van der Waals surface area (Å²) in [7, 11) is 0. The summed E-state index contributed by atoms with van der Waals surface area (Å²) in [6, 6.07) is 9.24. The number of halogens is 2. The number of aromatic amines is 1. The third-order valence-electron chi connectivity index (χ3n) is 3.45. The van der Waals surface area contributed by atoms with E-state index in [0.717, 1.165) is 16.5 Å². The molecule has 3 rings (SSSR count). The highest BCUT2D eigenvalue weighted by molar-refractivity contribution is 6.29. The number of amides is 1. The van der Waals surface area contributed by atoms with Gasteiger partial charge >= 0.3 is 0 Å². The van der Waals surface area contributed by atoms with E-state index in [1.165, 1.54) is 12.3 Å². The maximum Gasteiger partial charge on any atom is 0.254 e. The molecule has 0 radical (unpaired) electrons. The van der Waals surface area contributed by atoms with Crippen molar-refractivity contribution in [3.63, 3.8) is 0 Å². The van der Waals surface area contributed by atoms with Crippen LogP contribution in [0.3, 0.4) is 0 Å². The van der Waals surface area contributed by atoms with Crippen molar-refractivity contribution < 1.29 is 9.18 Å². The fourth-order valence-electron chi connectivity index (χ4n) is 2.34. The lowest BCUT2D eigenvalue weighted by molar-refractivity contribution is 0.0950. The van der Waals surface area contributed by atoms with Crippen LogP contribution in [0.15, 0.2) is 42.7 Å². The second-order valence-electron chi connectivity index (χ2n) is 4.83. The summed E-state index contributed by atoms with van der Waals surface area (Å²) in [5.74, 6) is -1.30. The Morgan fingerprint density at radius 3 is 3.00 bits per heavy atom. The third-order valence-corrected chi connectivity index (χ3v) is 3.71. The van der Waals surface area contributed by atoms with Gasteiger partial charge < -0.3 is 10.3 Å². The van der Waals surface area contributed by atoms with Crippen molar-refractivity contribution in [2.24, 2.45) is 0 Å². The second kappa shape index (κ2) is 6.15. The summed E-state index contributed by atoms with van der Waals surface area (Å²) in [6.07, 6.45) is 3.87. The van der Waals surface area contributed by atoms with Crippen LogP contribution in [0, 0.1) is 5.82 Å². The number of nitrogens with one attached hydrogen (secondary N) is 2. The van der Waals surface area contributed by atoms with Gasteiger partial charge in [-0.2, -0.15) is 0 Å². The number of aromatic nitrogens is 2. The van der Waals surface area contributed by atoms with E-state index < -0.39 is 11.7 Å². The van der Waals surface area contributed by atoms with Crippen LogP contribution < -0.4 is 5.32 Å². The molecule has 1 aromatic carbocycles. The lowest BCUT2D eigenvalue weighted by Gasteiger charge is -2.06. The van der Waals surface area contributed by atoms with Gasteiger partial charge in [0.2, 0.25) is 0 Å². The van der Waals surface area contributed by atoms with Gasteiger partial charge in [-0.3, -0.25) is 4.79 Å². The molecule has 112 valence electrons. The topological polar surface area (TPSA) is 57.8 Å². The van der Waals surface area contributed by atoms with E-state index in [0.29, 0.717) is 13.0 Å². The molecule has 0 fully saturated rings. The number of hydrogen-bond donors (Lipinski definition) is 2. The van der Waals surface area contributed by atoms with Crippen molar-refractivity contribution in [3.8, 4) is 0 Å². The Kier molecular flexibility index (Phi) is 4.06. The zero-order valence-electron chi connectivity index (χ0n) is 11.6. The Balaban J connectivity index is 1.66. The molecular weight excluding hydrogens is 305 g/mol. The molecule has 2 aromatic heterocycles. The molecule has 0 aliphatic carbocycles. The summed E-state index contributed by atoms with van der Waals surface area (Å²) >= 11 is 5.57. The standard InChI is InChI=1S/C16H13ClFN3O/c17-15-14(18)12(6-8-19-15)16(22)20-7-5-10-9-21-13-4-2-1-3-11(10)13/h1-4,6,8-9,21H,5,7H2,(H,20,22). The minimum atomic E-state index is -0.797. The molecule has 4 nitrogen and oxygen atoms in total. The Bertz CT molecular complexity index is 831. The van der Waals surface area contributed by atoms with Gasteiger partial charge in [-0.1, -0.05) is 29.8 Å². The van der Waals surface area contributed by atoms with Crippen LogP contribution in [-0.4, -0.2) is 22.4 Å². The Morgan fingerprint density at radius 2 is 2.14 bits per heavy atom. The smallest absolute Gasteiger partial charge is 0.254 e. The molecule has 0 aliphatic heterocycles. The number of hydrogen-bond acceptors (Lipinski definition) is 2. The van der Waals surface area contributed by atoms with Gasteiger partial charge in [-0.05, 0) is 24.1 Å². The van der Waals surface area contributed by atoms with E-state index >= 15 is 0 Å². The Morgan fingerprint density at radius 1 is 1.32 bits per heavy atom. The fourth-order valence-corrected chi connectivity index (χ4v) is 2.50. The number of H-pyrrole nitrogens is 1. The molecule has 22 heavy (non-hydrogen) atoms. The van der Waals surface area contributed by atoms with Gasteiger partial charge in [0.15, 0.2) is 11.0 Å². The number of pyridine rings is 1. The first-order valence-electron chi connectivity index (χ1n) is 6.80. The third kappa shape index (κ3) is 2.80. The summed E-state index contributed by atoms with van der Waals surface area (Å²) in [5.41, 5.74) is 2.05. The first-order chi connectivity index (χ1) is 10.7. The SMILES string of the molecule is O=C(NCCc1c[nH]c2ccccc12)c1ccnc(Cl)c1F. The van der Waals surface area contributed by atoms with Crippen LogP contribution in [-0.2, 0) is 6.42 Å². The minimum absolute atomic E-state index is 0.0982. The highest BCUT2D eigenvalue weighted by atomic mass is 35.5. The first-order valence-corrected chi connectivity index (χ1v) is 7.18. The molecule has 2 N–H and O–H groups in total. The van der Waals surface area contributed by atoms with Gasteiger partial charge in [0.05, 0.1) is 5.56 Å². The molecule has 0 unspecified atom stereocenters. The van der Waals surface area contributed by atoms with Crippen LogP contribution in [0.4, 0.5) is 4.39 Å². The summed E-state index contributed by atoms with van der Waals surface area (Å²) in [5, 5.41) is 3.51. The van der Waals surface area contributed by atoms with Crippen LogP contribution in [0.25, 0.3) is 10.9 Å². The van der Waals surface area contributed by atoms with E-state index in [4.69, 9.17) is 11.6 Å². The van der Waals surface area contributed by atoms with Crippen molar-refractivity contribution in [2.45, 2.75) is 6.42 Å². The zero-order chi connectivity index (χ0) is 15.5. The molecule has 2 heterocycles. The van der Waals surface area contributed by atoms with Crippen LogP contribution in [0.2, 0.25) is 5.15 Å². The predicted molar refractivity (Wildman–Crippen MR) is 83.5 cm³/mol. The van der Waals surface area contributed by atoms with Crippen molar-refractivity contribution in [3.05, 3.63) is 64.8 Å². The van der Waals surface area contributed by atoms with E-state index in [-0.39, 0.29) is 10.7 Å². The number of fused-ring (bicyclic) bond motifs is 1. The molecule has 3 aromatic rings. The Labute approximate surface area is 131 Å². The summed E-state index contributed by atoms with van der Waals surface area (Å²) < 4.78 is 13.7. The lowest BCUT2D eigenvalue weighted by Crippen LogP contribution is -2.26. The number of para-hydroxylation sites is 1. The monoisotopic (exact) mass is 317 g/mol. The quantitative estimate of drug-likeness (QED) is 0.725. The number of benzene rings is 1. The molecule has 0 spiro atoms. The summed E-state index contributed by atoms with van der Waals surface area (Å²) in [6.45, 7) is 0.403. The van der Waals surface area contributed by atoms with Gasteiger partial charge in [-0.25, -0.2) is 9.37 Å². The van der Waals surface area contributed by atoms with E-state index in [2.05, 4.69) is 15.3 Å². The molecule has 0 aliphatic rings. The highest BCUT2D eigenvalue weighted by Crippen LogP contribution is 2.18. The predicted octanol–water partition coefficient (Wildman–Crippen LogP) is 3.33. The number of carbonyl (C=O) groups excluding carboxylic acids is 1.